The van der Waals surface area contributed by atoms with Crippen LogP contribution >= 0.6 is 0 Å². The Kier molecular flexibility index (Phi) is 5.14. The van der Waals surface area contributed by atoms with Crippen LogP contribution in [0.2, 0.25) is 0 Å². The van der Waals surface area contributed by atoms with Crippen molar-refractivity contribution in [2.24, 2.45) is 5.92 Å². The molecule has 0 unspecified atom stereocenters. The van der Waals surface area contributed by atoms with Crippen molar-refractivity contribution >= 4 is 5.91 Å². The summed E-state index contributed by atoms with van der Waals surface area (Å²) < 4.78 is 1.64. The molecule has 2 heterocycles. The minimum Gasteiger partial charge on any atom is -0.390 e. The molecule has 0 saturated heterocycles. The van der Waals surface area contributed by atoms with Gasteiger partial charge in [0, 0.05) is 36.0 Å². The maximum atomic E-state index is 12.3. The fraction of sp³-hybridized carbons (Fsp3) is 0.300. The van der Waals surface area contributed by atoms with Crippen molar-refractivity contribution in [1.29, 1.82) is 0 Å². The number of rotatable bonds is 5. The van der Waals surface area contributed by atoms with E-state index in [0.29, 0.717) is 24.2 Å². The Morgan fingerprint density at radius 2 is 1.96 bits per heavy atom. The van der Waals surface area contributed by atoms with Crippen molar-refractivity contribution < 1.29 is 15.0 Å². The van der Waals surface area contributed by atoms with Crippen molar-refractivity contribution in [2.75, 3.05) is 0 Å². The second-order valence-corrected chi connectivity index (χ2v) is 6.99. The van der Waals surface area contributed by atoms with E-state index in [4.69, 9.17) is 0 Å². The molecule has 144 valence electrons. The van der Waals surface area contributed by atoms with Gasteiger partial charge in [-0.15, -0.1) is 5.10 Å². The summed E-state index contributed by atoms with van der Waals surface area (Å²) in [4.78, 5) is 16.4. The lowest BCUT2D eigenvalue weighted by molar-refractivity contribution is 0.00762. The molecule has 1 fully saturated rings. The van der Waals surface area contributed by atoms with Gasteiger partial charge in [-0.25, -0.2) is 0 Å². The van der Waals surface area contributed by atoms with Gasteiger partial charge in [0.15, 0.2) is 0 Å². The summed E-state index contributed by atoms with van der Waals surface area (Å²) in [5, 5.41) is 31.9. The van der Waals surface area contributed by atoms with Crippen molar-refractivity contribution in [3.63, 3.8) is 0 Å². The van der Waals surface area contributed by atoms with Gasteiger partial charge in [0.25, 0.3) is 5.91 Å². The zero-order chi connectivity index (χ0) is 19.5. The predicted molar refractivity (Wildman–Crippen MR) is 101 cm³/mol. The summed E-state index contributed by atoms with van der Waals surface area (Å²) in [7, 11) is 0. The van der Waals surface area contributed by atoms with Gasteiger partial charge in [-0.3, -0.25) is 14.5 Å². The van der Waals surface area contributed by atoms with Crippen LogP contribution in [-0.2, 0) is 6.54 Å². The lowest BCUT2D eigenvalue weighted by atomic mass is 10.1. The number of hydrogen-bond acceptors (Lipinski definition) is 6. The number of aliphatic hydroxyl groups is 2. The van der Waals surface area contributed by atoms with E-state index in [2.05, 4.69) is 20.6 Å². The normalized spacial score (nSPS) is 24.2. The van der Waals surface area contributed by atoms with Gasteiger partial charge in [-0.2, -0.15) is 0 Å². The maximum absolute atomic E-state index is 12.3. The molecule has 28 heavy (non-hydrogen) atoms. The molecule has 1 amide bonds. The molecule has 3 N–H and O–H groups in total. The van der Waals surface area contributed by atoms with Crippen molar-refractivity contribution in [1.82, 2.24) is 25.3 Å². The fourth-order valence-electron chi connectivity index (χ4n) is 3.56. The highest BCUT2D eigenvalue weighted by molar-refractivity contribution is 5.94. The van der Waals surface area contributed by atoms with Crippen LogP contribution in [0, 0.1) is 5.92 Å². The molecule has 1 saturated carbocycles. The highest BCUT2D eigenvalue weighted by Crippen LogP contribution is 2.29. The lowest BCUT2D eigenvalue weighted by Gasteiger charge is -2.18. The molecule has 1 aliphatic rings. The van der Waals surface area contributed by atoms with Gasteiger partial charge >= 0.3 is 0 Å². The fourth-order valence-corrected chi connectivity index (χ4v) is 3.56. The highest BCUT2D eigenvalue weighted by Gasteiger charge is 2.42. The Balaban J connectivity index is 1.41. The maximum Gasteiger partial charge on any atom is 0.251 e. The quantitative estimate of drug-likeness (QED) is 0.607. The van der Waals surface area contributed by atoms with Crippen molar-refractivity contribution in [3.8, 4) is 11.3 Å². The number of nitrogens with zero attached hydrogens (tertiary/aromatic N) is 4. The molecule has 1 aromatic carbocycles. The summed E-state index contributed by atoms with van der Waals surface area (Å²) in [6.45, 7) is 0.392. The first-order chi connectivity index (χ1) is 13.6. The number of aliphatic hydroxyl groups excluding tert-OH is 2. The van der Waals surface area contributed by atoms with Crippen LogP contribution in [-0.4, -0.2) is 54.3 Å². The molecule has 0 aliphatic heterocycles. The van der Waals surface area contributed by atoms with Gasteiger partial charge in [0.1, 0.15) is 11.8 Å². The topological polar surface area (TPSA) is 113 Å². The number of hydrogen-bond donors (Lipinski definition) is 3. The lowest BCUT2D eigenvalue weighted by Crippen LogP contribution is -2.43. The Bertz CT molecular complexity index is 931. The van der Waals surface area contributed by atoms with E-state index in [1.54, 1.807) is 47.5 Å². The van der Waals surface area contributed by atoms with Crippen LogP contribution in [0.3, 0.4) is 0 Å². The second-order valence-electron chi connectivity index (χ2n) is 6.99. The van der Waals surface area contributed by atoms with Crippen LogP contribution in [0.4, 0.5) is 0 Å². The van der Waals surface area contributed by atoms with E-state index in [0.717, 1.165) is 5.56 Å². The van der Waals surface area contributed by atoms with Gasteiger partial charge in [-0.1, -0.05) is 23.4 Å². The van der Waals surface area contributed by atoms with Crippen molar-refractivity contribution in [3.05, 3.63) is 66.6 Å². The molecule has 4 atom stereocenters. The molecule has 0 spiro atoms. The van der Waals surface area contributed by atoms with Gasteiger partial charge < -0.3 is 15.5 Å². The number of benzene rings is 1. The molecular formula is C20H21N5O3. The summed E-state index contributed by atoms with van der Waals surface area (Å²) in [6.07, 6.45) is 3.65. The van der Waals surface area contributed by atoms with E-state index in [1.807, 2.05) is 18.2 Å². The number of pyridine rings is 1. The zero-order valence-corrected chi connectivity index (χ0v) is 15.1. The minimum atomic E-state index is -1.03. The Morgan fingerprint density at radius 3 is 2.71 bits per heavy atom. The van der Waals surface area contributed by atoms with E-state index < -0.39 is 18.2 Å². The number of aromatic nitrogens is 4. The largest absolute Gasteiger partial charge is 0.390 e. The van der Waals surface area contributed by atoms with Crippen LogP contribution in [0.25, 0.3) is 11.3 Å². The Hall–Kier alpha value is -3.10. The van der Waals surface area contributed by atoms with Crippen LogP contribution in [0.15, 0.2) is 61.1 Å². The standard InChI is InChI=1S/C20H21N5O3/c26-18-15(11-25-12-17(23-24-25)14-7-4-8-21-10-14)9-16(19(18)27)22-20(28)13-5-2-1-3-6-13/h1-8,10,12,15-16,18-19,26-27H,9,11H2,(H,22,28)/t15-,16-,18-,19+/m1/s1. The molecule has 4 rings (SSSR count). The SMILES string of the molecule is O=C(N[C@@H]1C[C@H](Cn2cc(-c3cccnc3)nn2)[C@@H](O)[C@H]1O)c1ccccc1. The van der Waals surface area contributed by atoms with E-state index in [1.165, 1.54) is 0 Å². The summed E-state index contributed by atoms with van der Waals surface area (Å²) in [6, 6.07) is 12.0. The zero-order valence-electron chi connectivity index (χ0n) is 15.1. The molecular weight excluding hydrogens is 358 g/mol. The smallest absolute Gasteiger partial charge is 0.251 e. The molecule has 0 radical (unpaired) electrons. The number of nitrogens with one attached hydrogen (secondary N) is 1. The molecule has 8 nitrogen and oxygen atoms in total. The van der Waals surface area contributed by atoms with Crippen molar-refractivity contribution in [2.45, 2.75) is 31.2 Å². The van der Waals surface area contributed by atoms with Crippen LogP contribution < -0.4 is 5.32 Å². The van der Waals surface area contributed by atoms with Crippen LogP contribution in [0.5, 0.6) is 0 Å². The first-order valence-corrected chi connectivity index (χ1v) is 9.14. The van der Waals surface area contributed by atoms with Crippen LogP contribution in [0.1, 0.15) is 16.8 Å². The number of carbonyl (C=O) groups is 1. The first-order valence-electron chi connectivity index (χ1n) is 9.14. The third-order valence-electron chi connectivity index (χ3n) is 5.07. The van der Waals surface area contributed by atoms with E-state index in [-0.39, 0.29) is 11.8 Å². The average Bonchev–Trinajstić information content (AvgIpc) is 3.30. The minimum absolute atomic E-state index is 0.250. The molecule has 3 aromatic rings. The summed E-state index contributed by atoms with van der Waals surface area (Å²) >= 11 is 0. The van der Waals surface area contributed by atoms with Gasteiger partial charge in [0.05, 0.1) is 18.3 Å². The molecule has 2 aromatic heterocycles. The Labute approximate surface area is 161 Å². The molecule has 0 bridgehead atoms. The summed E-state index contributed by atoms with van der Waals surface area (Å²) in [5.74, 6) is -0.517. The second kappa shape index (κ2) is 7.87. The summed E-state index contributed by atoms with van der Waals surface area (Å²) in [5.41, 5.74) is 2.06. The molecule has 8 heteroatoms. The van der Waals surface area contributed by atoms with Gasteiger partial charge in [-0.05, 0) is 30.7 Å². The Morgan fingerprint density at radius 1 is 1.14 bits per heavy atom. The van der Waals surface area contributed by atoms with E-state index >= 15 is 0 Å². The predicted octanol–water partition coefficient (Wildman–Crippen LogP) is 0.880. The number of carbonyl (C=O) groups excluding carboxylic acids is 1. The average molecular weight is 379 g/mol. The number of amides is 1. The first kappa shape index (κ1) is 18.3. The van der Waals surface area contributed by atoms with E-state index in [9.17, 15) is 15.0 Å². The highest BCUT2D eigenvalue weighted by atomic mass is 16.3. The molecule has 1 aliphatic carbocycles. The third-order valence-corrected chi connectivity index (χ3v) is 5.07. The van der Waals surface area contributed by atoms with Gasteiger partial charge in [0.2, 0.25) is 0 Å². The third kappa shape index (κ3) is 3.78. The monoisotopic (exact) mass is 379 g/mol.